The molecule has 0 radical (unpaired) electrons. The van der Waals surface area contributed by atoms with Crippen LogP contribution < -0.4 is 10.6 Å². The Labute approximate surface area is 204 Å². The molecule has 2 N–H and O–H groups in total. The van der Waals surface area contributed by atoms with Gasteiger partial charge in [0.15, 0.2) is 10.7 Å². The minimum Gasteiger partial charge on any atom is -0.436 e. The average Bonchev–Trinajstić information content (AvgIpc) is 3.23. The molecule has 162 valence electrons. The van der Waals surface area contributed by atoms with Gasteiger partial charge in [-0.3, -0.25) is 10.1 Å². The predicted molar refractivity (Wildman–Crippen MR) is 137 cm³/mol. The molecule has 33 heavy (non-hydrogen) atoms. The third-order valence-corrected chi connectivity index (χ3v) is 6.02. The van der Waals surface area contributed by atoms with Crippen LogP contribution in [-0.4, -0.2) is 16.0 Å². The van der Waals surface area contributed by atoms with Crippen LogP contribution in [0.4, 0.5) is 5.69 Å². The normalized spacial score (nSPS) is 11.0. The van der Waals surface area contributed by atoms with Gasteiger partial charge in [-0.2, -0.15) is 0 Å². The van der Waals surface area contributed by atoms with E-state index >= 15 is 0 Å². The molecule has 0 spiro atoms. The molecule has 4 aromatic carbocycles. The highest BCUT2D eigenvalue weighted by Gasteiger charge is 2.13. The molecule has 0 atom stereocenters. The van der Waals surface area contributed by atoms with E-state index < -0.39 is 5.91 Å². The molecule has 0 saturated heterocycles. The van der Waals surface area contributed by atoms with Crippen molar-refractivity contribution in [1.29, 1.82) is 0 Å². The summed E-state index contributed by atoms with van der Waals surface area (Å²) in [4.78, 5) is 17.1. The fraction of sp³-hybridized carbons (Fsp3) is 0. The lowest BCUT2D eigenvalue weighted by Crippen LogP contribution is -2.34. The zero-order valence-corrected chi connectivity index (χ0v) is 19.3. The summed E-state index contributed by atoms with van der Waals surface area (Å²) >= 11 is 17.2. The number of anilines is 1. The first kappa shape index (κ1) is 21.4. The van der Waals surface area contributed by atoms with Crippen LogP contribution in [0, 0.1) is 0 Å². The van der Waals surface area contributed by atoms with Gasteiger partial charge in [0.05, 0.1) is 10.0 Å². The zero-order chi connectivity index (χ0) is 22.9. The van der Waals surface area contributed by atoms with E-state index in [1.165, 1.54) is 6.07 Å². The van der Waals surface area contributed by atoms with Gasteiger partial charge in [-0.15, -0.1) is 0 Å². The Kier molecular flexibility index (Phi) is 5.72. The van der Waals surface area contributed by atoms with E-state index in [9.17, 15) is 4.79 Å². The average molecular weight is 492 g/mol. The molecule has 0 fully saturated rings. The number of carbonyl (C=O) groups is 1. The summed E-state index contributed by atoms with van der Waals surface area (Å²) in [6.45, 7) is 0. The van der Waals surface area contributed by atoms with Crippen LogP contribution in [0.2, 0.25) is 10.0 Å². The Balaban J connectivity index is 1.36. The third kappa shape index (κ3) is 4.41. The number of fused-ring (bicyclic) bond motifs is 2. The van der Waals surface area contributed by atoms with Crippen molar-refractivity contribution in [2.45, 2.75) is 0 Å². The summed E-state index contributed by atoms with van der Waals surface area (Å²) in [5, 5.41) is 8.61. The second-order valence-electron chi connectivity index (χ2n) is 7.27. The molecule has 1 aromatic heterocycles. The molecule has 0 aliphatic carbocycles. The van der Waals surface area contributed by atoms with E-state index in [0.29, 0.717) is 38.3 Å². The van der Waals surface area contributed by atoms with Gasteiger partial charge in [0, 0.05) is 16.8 Å². The van der Waals surface area contributed by atoms with Crippen molar-refractivity contribution in [3.8, 4) is 11.5 Å². The number of halogens is 2. The second-order valence-corrected chi connectivity index (χ2v) is 8.49. The monoisotopic (exact) mass is 491 g/mol. The SMILES string of the molecule is O=C(NC(=S)Nc1ccc2oc(-c3cccc4ccccc34)nc2c1)c1ccc(Cl)c(Cl)c1. The van der Waals surface area contributed by atoms with Gasteiger partial charge in [0.2, 0.25) is 5.89 Å². The molecule has 0 aliphatic heterocycles. The Morgan fingerprint density at radius 2 is 1.73 bits per heavy atom. The van der Waals surface area contributed by atoms with Crippen LogP contribution in [0.5, 0.6) is 0 Å². The molecule has 0 saturated carbocycles. The molecule has 1 heterocycles. The van der Waals surface area contributed by atoms with Crippen LogP contribution in [0.15, 0.2) is 83.3 Å². The number of amides is 1. The minimum absolute atomic E-state index is 0.142. The van der Waals surface area contributed by atoms with Crippen molar-refractivity contribution in [2.75, 3.05) is 5.32 Å². The highest BCUT2D eigenvalue weighted by Crippen LogP contribution is 2.31. The number of nitrogens with zero attached hydrogens (tertiary/aromatic N) is 1. The van der Waals surface area contributed by atoms with Crippen molar-refractivity contribution in [1.82, 2.24) is 10.3 Å². The van der Waals surface area contributed by atoms with E-state index in [2.05, 4.69) is 27.8 Å². The molecule has 8 heteroatoms. The fourth-order valence-corrected chi connectivity index (χ4v) is 4.02. The number of benzene rings is 4. The minimum atomic E-state index is -0.396. The number of thiocarbonyl (C=S) groups is 1. The first-order valence-corrected chi connectivity index (χ1v) is 11.1. The number of carbonyl (C=O) groups excluding carboxylic acids is 1. The molecule has 5 aromatic rings. The summed E-state index contributed by atoms with van der Waals surface area (Å²) in [5.74, 6) is 0.140. The number of nitrogens with one attached hydrogen (secondary N) is 2. The first-order valence-electron chi connectivity index (χ1n) is 9.94. The summed E-state index contributed by atoms with van der Waals surface area (Å²) in [6.07, 6.45) is 0. The summed E-state index contributed by atoms with van der Waals surface area (Å²) in [6, 6.07) is 24.1. The molecular formula is C25H15Cl2N3O2S. The van der Waals surface area contributed by atoms with E-state index in [1.807, 2.05) is 42.5 Å². The maximum atomic E-state index is 12.4. The van der Waals surface area contributed by atoms with Crippen molar-refractivity contribution >= 4 is 74.0 Å². The molecule has 1 amide bonds. The summed E-state index contributed by atoms with van der Waals surface area (Å²) < 4.78 is 6.00. The topological polar surface area (TPSA) is 67.2 Å². The number of oxazole rings is 1. The predicted octanol–water partition coefficient (Wildman–Crippen LogP) is 7.08. The van der Waals surface area contributed by atoms with Crippen molar-refractivity contribution in [3.63, 3.8) is 0 Å². The Hall–Kier alpha value is -3.45. The van der Waals surface area contributed by atoms with Crippen LogP contribution in [-0.2, 0) is 0 Å². The van der Waals surface area contributed by atoms with Crippen LogP contribution in [0.1, 0.15) is 10.4 Å². The number of aromatic nitrogens is 1. The molecule has 0 unspecified atom stereocenters. The largest absolute Gasteiger partial charge is 0.436 e. The van der Waals surface area contributed by atoms with E-state index in [4.69, 9.17) is 39.8 Å². The lowest BCUT2D eigenvalue weighted by atomic mass is 10.0. The van der Waals surface area contributed by atoms with Crippen molar-refractivity contribution < 1.29 is 9.21 Å². The number of hydrogen-bond acceptors (Lipinski definition) is 4. The molecule has 0 bridgehead atoms. The summed E-state index contributed by atoms with van der Waals surface area (Å²) in [5.41, 5.74) is 3.25. The fourth-order valence-electron chi connectivity index (χ4n) is 3.51. The smallest absolute Gasteiger partial charge is 0.257 e. The molecule has 5 nitrogen and oxygen atoms in total. The zero-order valence-electron chi connectivity index (χ0n) is 16.9. The standard InChI is InChI=1S/C25H15Cl2N3O2S/c26-19-10-8-15(12-20(19)27)23(31)30-25(33)28-16-9-11-22-21(13-16)29-24(32-22)18-7-3-5-14-4-1-2-6-17(14)18/h1-13H,(H2,28,30,31,33). The van der Waals surface area contributed by atoms with Gasteiger partial charge < -0.3 is 9.73 Å². The number of hydrogen-bond donors (Lipinski definition) is 2. The van der Waals surface area contributed by atoms with Gasteiger partial charge in [-0.05, 0) is 65.5 Å². The highest BCUT2D eigenvalue weighted by atomic mass is 35.5. The molecular weight excluding hydrogens is 477 g/mol. The second kappa shape index (κ2) is 8.83. The van der Waals surface area contributed by atoms with Crippen LogP contribution >= 0.6 is 35.4 Å². The first-order chi connectivity index (χ1) is 16.0. The quantitative estimate of drug-likeness (QED) is 0.264. The van der Waals surface area contributed by atoms with E-state index in [0.717, 1.165) is 16.3 Å². The van der Waals surface area contributed by atoms with E-state index in [-0.39, 0.29) is 5.11 Å². The third-order valence-electron chi connectivity index (χ3n) is 5.07. The Morgan fingerprint density at radius 3 is 2.58 bits per heavy atom. The maximum absolute atomic E-state index is 12.4. The van der Waals surface area contributed by atoms with Crippen molar-refractivity contribution in [3.05, 3.63) is 94.5 Å². The maximum Gasteiger partial charge on any atom is 0.257 e. The van der Waals surface area contributed by atoms with Crippen molar-refractivity contribution in [2.24, 2.45) is 0 Å². The van der Waals surface area contributed by atoms with Gasteiger partial charge in [-0.1, -0.05) is 59.6 Å². The lowest BCUT2D eigenvalue weighted by molar-refractivity contribution is 0.0977. The van der Waals surface area contributed by atoms with Gasteiger partial charge >= 0.3 is 0 Å². The van der Waals surface area contributed by atoms with Crippen LogP contribution in [0.3, 0.4) is 0 Å². The Morgan fingerprint density at radius 1 is 0.909 bits per heavy atom. The van der Waals surface area contributed by atoms with Crippen LogP contribution in [0.25, 0.3) is 33.3 Å². The van der Waals surface area contributed by atoms with Gasteiger partial charge in [0.25, 0.3) is 5.91 Å². The number of rotatable bonds is 3. The van der Waals surface area contributed by atoms with E-state index in [1.54, 1.807) is 18.2 Å². The Bertz CT molecular complexity index is 1540. The highest BCUT2D eigenvalue weighted by molar-refractivity contribution is 7.80. The molecule has 0 aliphatic rings. The lowest BCUT2D eigenvalue weighted by Gasteiger charge is -2.10. The summed E-state index contributed by atoms with van der Waals surface area (Å²) in [7, 11) is 0. The van der Waals surface area contributed by atoms with Gasteiger partial charge in [-0.25, -0.2) is 4.98 Å². The van der Waals surface area contributed by atoms with Gasteiger partial charge in [0.1, 0.15) is 5.52 Å². The molecule has 5 rings (SSSR count).